The number of para-hydroxylation sites is 1. The Hall–Kier alpha value is -2.04. The van der Waals surface area contributed by atoms with Crippen LogP contribution in [0.1, 0.15) is 15.9 Å². The molecule has 100 valence electrons. The Bertz CT molecular complexity index is 556. The van der Waals surface area contributed by atoms with E-state index in [0.29, 0.717) is 23.6 Å². The van der Waals surface area contributed by atoms with Gasteiger partial charge in [0, 0.05) is 17.7 Å². The Balaban J connectivity index is 0.00000180. The summed E-state index contributed by atoms with van der Waals surface area (Å²) in [5.74, 6) is 0.900. The molecule has 0 saturated heterocycles. The highest BCUT2D eigenvalue weighted by atomic mass is 35.5. The number of ether oxygens (including phenoxy) is 1. The van der Waals surface area contributed by atoms with Gasteiger partial charge in [-0.25, -0.2) is 0 Å². The third-order valence-corrected chi connectivity index (χ3v) is 2.56. The average molecular weight is 279 g/mol. The van der Waals surface area contributed by atoms with E-state index in [2.05, 4.69) is 0 Å². The highest BCUT2D eigenvalue weighted by Crippen LogP contribution is 2.25. The molecule has 0 radical (unpaired) electrons. The Morgan fingerprint density at radius 2 is 1.68 bits per heavy atom. The SMILES string of the molecule is Cl.NCc1ccccc1Oc1ccc(C(N)=O)cc1. The number of carbonyl (C=O) groups excluding carboxylic acids is 1. The van der Waals surface area contributed by atoms with Crippen molar-refractivity contribution in [2.75, 3.05) is 0 Å². The molecule has 0 atom stereocenters. The lowest BCUT2D eigenvalue weighted by Crippen LogP contribution is -2.10. The van der Waals surface area contributed by atoms with Crippen LogP contribution in [0.5, 0.6) is 11.5 Å². The molecule has 5 heteroatoms. The number of benzene rings is 2. The van der Waals surface area contributed by atoms with Gasteiger partial charge in [0.2, 0.25) is 5.91 Å². The van der Waals surface area contributed by atoms with Crippen molar-refractivity contribution in [3.8, 4) is 11.5 Å². The van der Waals surface area contributed by atoms with Crippen LogP contribution in [-0.2, 0) is 6.54 Å². The van der Waals surface area contributed by atoms with Gasteiger partial charge in [0.25, 0.3) is 0 Å². The first kappa shape index (κ1) is 15.0. The van der Waals surface area contributed by atoms with Gasteiger partial charge in [0.05, 0.1) is 0 Å². The molecule has 2 rings (SSSR count). The van der Waals surface area contributed by atoms with E-state index >= 15 is 0 Å². The third kappa shape index (κ3) is 3.71. The number of halogens is 1. The molecule has 0 saturated carbocycles. The molecular formula is C14H15ClN2O2. The minimum atomic E-state index is -0.455. The lowest BCUT2D eigenvalue weighted by Gasteiger charge is -2.09. The number of nitrogens with two attached hydrogens (primary N) is 2. The summed E-state index contributed by atoms with van der Waals surface area (Å²) in [5, 5.41) is 0. The molecule has 0 aliphatic carbocycles. The first-order valence-electron chi connectivity index (χ1n) is 5.56. The van der Waals surface area contributed by atoms with Gasteiger partial charge in [-0.2, -0.15) is 0 Å². The summed E-state index contributed by atoms with van der Waals surface area (Å²) < 4.78 is 5.70. The fraction of sp³-hybridized carbons (Fsp3) is 0.0714. The normalized spacial score (nSPS) is 9.53. The highest BCUT2D eigenvalue weighted by molar-refractivity contribution is 5.92. The minimum Gasteiger partial charge on any atom is -0.457 e. The third-order valence-electron chi connectivity index (χ3n) is 2.56. The van der Waals surface area contributed by atoms with E-state index in [4.69, 9.17) is 16.2 Å². The maximum atomic E-state index is 10.9. The van der Waals surface area contributed by atoms with Gasteiger partial charge < -0.3 is 16.2 Å². The van der Waals surface area contributed by atoms with Crippen LogP contribution in [0, 0.1) is 0 Å². The first-order valence-corrected chi connectivity index (χ1v) is 5.56. The van der Waals surface area contributed by atoms with Gasteiger partial charge in [0.1, 0.15) is 11.5 Å². The number of carbonyl (C=O) groups is 1. The largest absolute Gasteiger partial charge is 0.457 e. The summed E-state index contributed by atoms with van der Waals surface area (Å²) in [4.78, 5) is 10.9. The Kier molecular flexibility index (Phi) is 5.36. The lowest BCUT2D eigenvalue weighted by molar-refractivity contribution is 0.100. The fourth-order valence-electron chi connectivity index (χ4n) is 1.59. The molecule has 0 heterocycles. The average Bonchev–Trinajstić information content (AvgIpc) is 2.40. The Morgan fingerprint density at radius 3 is 2.26 bits per heavy atom. The van der Waals surface area contributed by atoms with Crippen LogP contribution in [-0.4, -0.2) is 5.91 Å². The molecule has 0 fully saturated rings. The number of hydrogen-bond acceptors (Lipinski definition) is 3. The zero-order valence-electron chi connectivity index (χ0n) is 10.2. The van der Waals surface area contributed by atoms with E-state index in [1.807, 2.05) is 24.3 Å². The van der Waals surface area contributed by atoms with Crippen LogP contribution in [0.15, 0.2) is 48.5 Å². The predicted molar refractivity (Wildman–Crippen MR) is 76.6 cm³/mol. The lowest BCUT2D eigenvalue weighted by atomic mass is 10.2. The molecule has 2 aromatic carbocycles. The van der Waals surface area contributed by atoms with E-state index in [9.17, 15) is 4.79 Å². The zero-order chi connectivity index (χ0) is 13.0. The van der Waals surface area contributed by atoms with Crippen LogP contribution in [0.2, 0.25) is 0 Å². The summed E-state index contributed by atoms with van der Waals surface area (Å²) in [6.07, 6.45) is 0. The van der Waals surface area contributed by atoms with Gasteiger partial charge >= 0.3 is 0 Å². The molecule has 0 aliphatic heterocycles. The topological polar surface area (TPSA) is 78.3 Å². The second-order valence-corrected chi connectivity index (χ2v) is 3.80. The minimum absolute atomic E-state index is 0. The Morgan fingerprint density at radius 1 is 1.05 bits per heavy atom. The molecule has 2 aromatic rings. The summed E-state index contributed by atoms with van der Waals surface area (Å²) >= 11 is 0. The van der Waals surface area contributed by atoms with Crippen LogP contribution in [0.3, 0.4) is 0 Å². The fourth-order valence-corrected chi connectivity index (χ4v) is 1.59. The summed E-state index contributed by atoms with van der Waals surface area (Å²) in [6, 6.07) is 14.2. The maximum Gasteiger partial charge on any atom is 0.248 e. The van der Waals surface area contributed by atoms with Crippen LogP contribution in [0.25, 0.3) is 0 Å². The van der Waals surface area contributed by atoms with Gasteiger partial charge in [-0.05, 0) is 30.3 Å². The van der Waals surface area contributed by atoms with Gasteiger partial charge in [-0.1, -0.05) is 18.2 Å². The predicted octanol–water partition coefficient (Wildman–Crippen LogP) is 2.46. The molecule has 4 N–H and O–H groups in total. The number of primary amides is 1. The first-order chi connectivity index (χ1) is 8.70. The van der Waals surface area contributed by atoms with Crippen molar-refractivity contribution < 1.29 is 9.53 Å². The number of hydrogen-bond donors (Lipinski definition) is 2. The molecule has 0 bridgehead atoms. The monoisotopic (exact) mass is 278 g/mol. The molecular weight excluding hydrogens is 264 g/mol. The molecule has 19 heavy (non-hydrogen) atoms. The van der Waals surface area contributed by atoms with Crippen LogP contribution in [0.4, 0.5) is 0 Å². The number of amides is 1. The summed E-state index contributed by atoms with van der Waals surface area (Å²) in [6.45, 7) is 0.412. The van der Waals surface area contributed by atoms with Crippen molar-refractivity contribution in [2.45, 2.75) is 6.54 Å². The van der Waals surface area contributed by atoms with E-state index < -0.39 is 5.91 Å². The standard InChI is InChI=1S/C14H14N2O2.ClH/c15-9-11-3-1-2-4-13(11)18-12-7-5-10(6-8-12)14(16)17;/h1-8H,9,15H2,(H2,16,17);1H. The van der Waals surface area contributed by atoms with Gasteiger partial charge in [-0.15, -0.1) is 12.4 Å². The van der Waals surface area contributed by atoms with Crippen LogP contribution >= 0.6 is 12.4 Å². The van der Waals surface area contributed by atoms with Crippen molar-refractivity contribution in [2.24, 2.45) is 11.5 Å². The van der Waals surface area contributed by atoms with Gasteiger partial charge in [0.15, 0.2) is 0 Å². The highest BCUT2D eigenvalue weighted by Gasteiger charge is 2.04. The molecule has 0 spiro atoms. The van der Waals surface area contributed by atoms with Crippen molar-refractivity contribution >= 4 is 18.3 Å². The molecule has 0 unspecified atom stereocenters. The van der Waals surface area contributed by atoms with E-state index in [-0.39, 0.29) is 12.4 Å². The van der Waals surface area contributed by atoms with E-state index in [1.54, 1.807) is 24.3 Å². The molecule has 0 aliphatic rings. The second-order valence-electron chi connectivity index (χ2n) is 3.80. The maximum absolute atomic E-state index is 10.9. The van der Waals surface area contributed by atoms with Crippen molar-refractivity contribution in [1.82, 2.24) is 0 Å². The Labute approximate surface area is 117 Å². The van der Waals surface area contributed by atoms with Crippen molar-refractivity contribution in [3.05, 3.63) is 59.7 Å². The summed E-state index contributed by atoms with van der Waals surface area (Å²) in [7, 11) is 0. The summed E-state index contributed by atoms with van der Waals surface area (Å²) in [5.41, 5.74) is 12.2. The smallest absolute Gasteiger partial charge is 0.248 e. The van der Waals surface area contributed by atoms with Crippen LogP contribution < -0.4 is 16.2 Å². The van der Waals surface area contributed by atoms with Crippen molar-refractivity contribution in [3.63, 3.8) is 0 Å². The van der Waals surface area contributed by atoms with Gasteiger partial charge in [-0.3, -0.25) is 4.79 Å². The molecule has 4 nitrogen and oxygen atoms in total. The zero-order valence-corrected chi connectivity index (χ0v) is 11.0. The molecule has 0 aromatic heterocycles. The van der Waals surface area contributed by atoms with Crippen molar-refractivity contribution in [1.29, 1.82) is 0 Å². The number of rotatable bonds is 4. The second kappa shape index (κ2) is 6.78. The van der Waals surface area contributed by atoms with E-state index in [1.165, 1.54) is 0 Å². The molecule has 1 amide bonds. The van der Waals surface area contributed by atoms with E-state index in [0.717, 1.165) is 5.56 Å². The quantitative estimate of drug-likeness (QED) is 0.902.